The minimum Gasteiger partial charge on any atom is -0.481 e. The molecular weight excluding hydrogens is 248 g/mol. The first kappa shape index (κ1) is 12.7. The van der Waals surface area contributed by atoms with Crippen molar-refractivity contribution in [3.63, 3.8) is 0 Å². The molecule has 1 N–H and O–H groups in total. The molecule has 2 aromatic rings. The van der Waals surface area contributed by atoms with Gasteiger partial charge in [0, 0.05) is 31.1 Å². The molecule has 7 heteroatoms. The van der Waals surface area contributed by atoms with Crippen LogP contribution in [0.2, 0.25) is 0 Å². The van der Waals surface area contributed by atoms with Gasteiger partial charge >= 0.3 is 5.69 Å². The minimum atomic E-state index is -0.485. The average molecular weight is 260 g/mol. The number of ether oxygens (including phenoxy) is 1. The predicted octanol–water partition coefficient (Wildman–Crippen LogP) is 2.01. The topological polar surface area (TPSA) is 90.2 Å². The Morgan fingerprint density at radius 3 is 2.68 bits per heavy atom. The smallest absolute Gasteiger partial charge is 0.311 e. The summed E-state index contributed by atoms with van der Waals surface area (Å²) in [5.41, 5.74) is 0.865. The van der Waals surface area contributed by atoms with E-state index in [1.54, 1.807) is 12.4 Å². The third kappa shape index (κ3) is 3.15. The first-order valence-electron chi connectivity index (χ1n) is 5.53. The quantitative estimate of drug-likeness (QED) is 0.653. The van der Waals surface area contributed by atoms with Crippen LogP contribution < -0.4 is 10.1 Å². The lowest BCUT2D eigenvalue weighted by Crippen LogP contribution is -2.05. The molecule has 0 unspecified atom stereocenters. The van der Waals surface area contributed by atoms with Gasteiger partial charge in [0.1, 0.15) is 0 Å². The van der Waals surface area contributed by atoms with Crippen molar-refractivity contribution in [1.82, 2.24) is 9.97 Å². The molecule has 2 aromatic heterocycles. The van der Waals surface area contributed by atoms with Crippen LogP contribution in [-0.2, 0) is 6.54 Å². The van der Waals surface area contributed by atoms with Crippen LogP contribution >= 0.6 is 0 Å². The van der Waals surface area contributed by atoms with E-state index in [0.717, 1.165) is 5.56 Å². The Hall–Kier alpha value is -2.70. The zero-order valence-corrected chi connectivity index (χ0v) is 10.2. The monoisotopic (exact) mass is 260 g/mol. The van der Waals surface area contributed by atoms with E-state index >= 15 is 0 Å². The van der Waals surface area contributed by atoms with Crippen molar-refractivity contribution in [3.8, 4) is 5.88 Å². The molecule has 0 radical (unpaired) electrons. The number of nitro groups is 1. The second-order valence-corrected chi connectivity index (χ2v) is 3.69. The van der Waals surface area contributed by atoms with Crippen molar-refractivity contribution in [2.24, 2.45) is 0 Å². The summed E-state index contributed by atoms with van der Waals surface area (Å²) in [6.07, 6.45) is 3.31. The Bertz CT molecular complexity index is 574. The van der Waals surface area contributed by atoms with Crippen LogP contribution in [0, 0.1) is 10.1 Å². The maximum atomic E-state index is 10.9. The molecule has 0 aliphatic heterocycles. The van der Waals surface area contributed by atoms with E-state index in [9.17, 15) is 10.1 Å². The summed E-state index contributed by atoms with van der Waals surface area (Å²) in [5, 5.41) is 13.8. The molecule has 2 rings (SSSR count). The van der Waals surface area contributed by atoms with Crippen LogP contribution in [0.15, 0.2) is 36.7 Å². The molecule has 0 fully saturated rings. The van der Waals surface area contributed by atoms with E-state index in [1.165, 1.54) is 19.2 Å². The normalized spacial score (nSPS) is 9.95. The summed E-state index contributed by atoms with van der Waals surface area (Å²) in [6, 6.07) is 6.45. The molecule has 2 heterocycles. The van der Waals surface area contributed by atoms with Gasteiger partial charge in [0.25, 0.3) is 0 Å². The summed E-state index contributed by atoms with van der Waals surface area (Å²) in [4.78, 5) is 18.4. The van der Waals surface area contributed by atoms with Crippen molar-refractivity contribution in [2.45, 2.75) is 6.54 Å². The lowest BCUT2D eigenvalue weighted by molar-refractivity contribution is -0.384. The Morgan fingerprint density at radius 2 is 2.05 bits per heavy atom. The van der Waals surface area contributed by atoms with E-state index in [2.05, 4.69) is 15.3 Å². The number of hydrogen-bond donors (Lipinski definition) is 1. The van der Waals surface area contributed by atoms with Gasteiger partial charge in [-0.15, -0.1) is 0 Å². The highest BCUT2D eigenvalue weighted by molar-refractivity contribution is 5.57. The maximum Gasteiger partial charge on any atom is 0.311 e. The van der Waals surface area contributed by atoms with Crippen molar-refractivity contribution >= 4 is 11.5 Å². The van der Waals surface area contributed by atoms with E-state index in [-0.39, 0.29) is 11.5 Å². The molecule has 19 heavy (non-hydrogen) atoms. The molecule has 0 aliphatic carbocycles. The number of pyridine rings is 2. The molecule has 0 atom stereocenters. The number of aromatic nitrogens is 2. The largest absolute Gasteiger partial charge is 0.481 e. The summed E-state index contributed by atoms with van der Waals surface area (Å²) in [6.45, 7) is 0.420. The van der Waals surface area contributed by atoms with Gasteiger partial charge in [0.05, 0.1) is 12.0 Å². The van der Waals surface area contributed by atoms with Crippen LogP contribution in [0.3, 0.4) is 0 Å². The highest BCUT2D eigenvalue weighted by atomic mass is 16.6. The fraction of sp³-hybridized carbons (Fsp3) is 0.167. The summed E-state index contributed by atoms with van der Waals surface area (Å²) in [7, 11) is 1.46. The van der Waals surface area contributed by atoms with Gasteiger partial charge in [-0.25, -0.2) is 0 Å². The zero-order chi connectivity index (χ0) is 13.7. The second-order valence-electron chi connectivity index (χ2n) is 3.69. The number of nitrogens with one attached hydrogen (secondary N) is 1. The first-order chi connectivity index (χ1) is 9.20. The van der Waals surface area contributed by atoms with Gasteiger partial charge in [-0.3, -0.25) is 15.1 Å². The van der Waals surface area contributed by atoms with E-state index in [1.807, 2.05) is 12.1 Å². The second kappa shape index (κ2) is 5.76. The predicted molar refractivity (Wildman–Crippen MR) is 69.0 cm³/mol. The Balaban J connectivity index is 2.20. The van der Waals surface area contributed by atoms with Crippen molar-refractivity contribution in [3.05, 3.63) is 52.3 Å². The average Bonchev–Trinajstić information content (AvgIpc) is 2.45. The van der Waals surface area contributed by atoms with Crippen molar-refractivity contribution in [2.75, 3.05) is 12.4 Å². The molecule has 0 saturated carbocycles. The summed E-state index contributed by atoms with van der Waals surface area (Å²) < 4.78 is 4.96. The molecule has 0 bridgehead atoms. The lowest BCUT2D eigenvalue weighted by atomic mass is 10.2. The van der Waals surface area contributed by atoms with Crippen LogP contribution in [0.1, 0.15) is 5.56 Å². The number of anilines is 1. The number of methoxy groups -OCH3 is 1. The van der Waals surface area contributed by atoms with Crippen molar-refractivity contribution in [1.29, 1.82) is 0 Å². The number of nitrogens with zero attached hydrogens (tertiary/aromatic N) is 3. The van der Waals surface area contributed by atoms with Crippen LogP contribution in [0.5, 0.6) is 5.88 Å². The standard InChI is InChI=1S/C12H12N4O3/c1-19-11-3-2-10(16(17)18)12(15-11)14-8-9-4-6-13-7-5-9/h2-7H,8H2,1H3,(H,14,15). The number of hydrogen-bond acceptors (Lipinski definition) is 6. The SMILES string of the molecule is COc1ccc([N+](=O)[O-])c(NCc2ccncc2)n1. The highest BCUT2D eigenvalue weighted by Gasteiger charge is 2.15. The third-order valence-corrected chi connectivity index (χ3v) is 2.46. The molecule has 0 amide bonds. The van der Waals surface area contributed by atoms with Crippen LogP contribution in [0.4, 0.5) is 11.5 Å². The van der Waals surface area contributed by atoms with Crippen LogP contribution in [-0.4, -0.2) is 22.0 Å². The molecule has 0 spiro atoms. The lowest BCUT2D eigenvalue weighted by Gasteiger charge is -2.07. The molecule has 0 saturated heterocycles. The van der Waals surface area contributed by atoms with Gasteiger partial charge in [-0.2, -0.15) is 4.98 Å². The number of rotatable bonds is 5. The molecule has 0 aromatic carbocycles. The van der Waals surface area contributed by atoms with Gasteiger partial charge in [-0.05, 0) is 17.7 Å². The zero-order valence-electron chi connectivity index (χ0n) is 10.2. The molecule has 98 valence electrons. The molecule has 7 nitrogen and oxygen atoms in total. The fourth-order valence-electron chi connectivity index (χ4n) is 1.51. The Labute approximate surface area is 109 Å². The third-order valence-electron chi connectivity index (χ3n) is 2.46. The van der Waals surface area contributed by atoms with Crippen molar-refractivity contribution < 1.29 is 9.66 Å². The van der Waals surface area contributed by atoms with Gasteiger partial charge in [0.15, 0.2) is 0 Å². The minimum absolute atomic E-state index is 0.0881. The maximum absolute atomic E-state index is 10.9. The Kier molecular flexibility index (Phi) is 3.87. The fourth-order valence-corrected chi connectivity index (χ4v) is 1.51. The van der Waals surface area contributed by atoms with Gasteiger partial charge < -0.3 is 10.1 Å². The Morgan fingerprint density at radius 1 is 1.32 bits per heavy atom. The molecular formula is C12H12N4O3. The van der Waals surface area contributed by atoms with E-state index in [4.69, 9.17) is 4.74 Å². The van der Waals surface area contributed by atoms with Crippen LogP contribution in [0.25, 0.3) is 0 Å². The van der Waals surface area contributed by atoms with E-state index < -0.39 is 4.92 Å². The van der Waals surface area contributed by atoms with Gasteiger partial charge in [0.2, 0.25) is 11.7 Å². The summed E-state index contributed by atoms with van der Waals surface area (Å²) in [5.74, 6) is 0.504. The summed E-state index contributed by atoms with van der Waals surface area (Å²) >= 11 is 0. The first-order valence-corrected chi connectivity index (χ1v) is 5.53. The molecule has 0 aliphatic rings. The highest BCUT2D eigenvalue weighted by Crippen LogP contribution is 2.25. The van der Waals surface area contributed by atoms with E-state index in [0.29, 0.717) is 12.4 Å². The van der Waals surface area contributed by atoms with Gasteiger partial charge in [-0.1, -0.05) is 0 Å².